The largest absolute Gasteiger partial charge is 0.480 e. The molecule has 1 fully saturated rings. The van der Waals surface area contributed by atoms with Crippen molar-refractivity contribution in [2.24, 2.45) is 0 Å². The van der Waals surface area contributed by atoms with Gasteiger partial charge in [0.05, 0.1) is 0 Å². The highest BCUT2D eigenvalue weighted by Crippen LogP contribution is 2.30. The van der Waals surface area contributed by atoms with Crippen molar-refractivity contribution in [3.05, 3.63) is 35.4 Å². The van der Waals surface area contributed by atoms with E-state index in [0.717, 1.165) is 11.1 Å². The minimum absolute atomic E-state index is 0.214. The summed E-state index contributed by atoms with van der Waals surface area (Å²) >= 11 is 0. The van der Waals surface area contributed by atoms with Gasteiger partial charge in [-0.2, -0.15) is 0 Å². The SMILES string of the molecule is Cc1ccc(C2(O)CN[C@H](C(=O)O)C2)cc1. The maximum Gasteiger partial charge on any atom is 0.320 e. The fourth-order valence-corrected chi connectivity index (χ4v) is 2.03. The summed E-state index contributed by atoms with van der Waals surface area (Å²) in [5.41, 5.74) is 0.832. The number of aliphatic hydroxyl groups is 1. The molecule has 1 aromatic carbocycles. The van der Waals surface area contributed by atoms with Gasteiger partial charge in [0.15, 0.2) is 0 Å². The molecule has 0 aromatic heterocycles. The zero-order valence-corrected chi connectivity index (χ0v) is 9.10. The van der Waals surface area contributed by atoms with Crippen molar-refractivity contribution < 1.29 is 15.0 Å². The number of benzene rings is 1. The average Bonchev–Trinajstić information content (AvgIpc) is 2.63. The van der Waals surface area contributed by atoms with E-state index in [2.05, 4.69) is 5.32 Å². The third kappa shape index (κ3) is 1.94. The zero-order chi connectivity index (χ0) is 11.8. The number of aliphatic carboxylic acids is 1. The quantitative estimate of drug-likeness (QED) is 0.685. The van der Waals surface area contributed by atoms with Gasteiger partial charge in [0.2, 0.25) is 0 Å². The van der Waals surface area contributed by atoms with Crippen molar-refractivity contribution in [3.8, 4) is 0 Å². The van der Waals surface area contributed by atoms with Crippen molar-refractivity contribution in [1.82, 2.24) is 5.32 Å². The molecule has 16 heavy (non-hydrogen) atoms. The normalized spacial score (nSPS) is 29.2. The summed E-state index contributed by atoms with van der Waals surface area (Å²) < 4.78 is 0. The van der Waals surface area contributed by atoms with Gasteiger partial charge in [-0.15, -0.1) is 0 Å². The topological polar surface area (TPSA) is 69.6 Å². The van der Waals surface area contributed by atoms with Gasteiger partial charge < -0.3 is 15.5 Å². The molecular weight excluding hydrogens is 206 g/mol. The van der Waals surface area contributed by atoms with E-state index in [0.29, 0.717) is 0 Å². The monoisotopic (exact) mass is 221 g/mol. The first kappa shape index (κ1) is 11.1. The fourth-order valence-electron chi connectivity index (χ4n) is 2.03. The van der Waals surface area contributed by atoms with Crippen molar-refractivity contribution in [2.45, 2.75) is 25.0 Å². The van der Waals surface area contributed by atoms with E-state index >= 15 is 0 Å². The van der Waals surface area contributed by atoms with E-state index in [9.17, 15) is 9.90 Å². The molecule has 1 unspecified atom stereocenters. The number of hydrogen-bond acceptors (Lipinski definition) is 3. The number of carbonyl (C=O) groups is 1. The molecule has 0 radical (unpaired) electrons. The van der Waals surface area contributed by atoms with E-state index in [-0.39, 0.29) is 13.0 Å². The Morgan fingerprint density at radius 2 is 2.06 bits per heavy atom. The van der Waals surface area contributed by atoms with E-state index in [4.69, 9.17) is 5.11 Å². The van der Waals surface area contributed by atoms with Crippen LogP contribution in [0.15, 0.2) is 24.3 Å². The van der Waals surface area contributed by atoms with Crippen LogP contribution in [0.1, 0.15) is 17.5 Å². The van der Waals surface area contributed by atoms with Gasteiger partial charge in [-0.1, -0.05) is 29.8 Å². The molecule has 1 aromatic rings. The predicted octanol–water partition coefficient (Wildman–Crippen LogP) is 0.629. The highest BCUT2D eigenvalue weighted by molar-refractivity contribution is 5.74. The molecule has 86 valence electrons. The molecular formula is C12H15NO3. The molecule has 1 heterocycles. The lowest BCUT2D eigenvalue weighted by molar-refractivity contribution is -0.139. The first-order valence-corrected chi connectivity index (χ1v) is 5.27. The van der Waals surface area contributed by atoms with Crippen LogP contribution in [0.5, 0.6) is 0 Å². The van der Waals surface area contributed by atoms with E-state index in [1.54, 1.807) is 0 Å². The molecule has 1 aliphatic heterocycles. The maximum absolute atomic E-state index is 10.8. The van der Waals surface area contributed by atoms with E-state index in [1.807, 2.05) is 31.2 Å². The molecule has 0 amide bonds. The third-order valence-corrected chi connectivity index (χ3v) is 3.07. The van der Waals surface area contributed by atoms with Crippen molar-refractivity contribution >= 4 is 5.97 Å². The van der Waals surface area contributed by atoms with Crippen LogP contribution in [-0.4, -0.2) is 28.8 Å². The Labute approximate surface area is 93.9 Å². The minimum atomic E-state index is -1.06. The van der Waals surface area contributed by atoms with Crippen LogP contribution in [0.2, 0.25) is 0 Å². The standard InChI is InChI=1S/C12H15NO3/c1-8-2-4-9(5-3-8)12(16)6-10(11(14)15)13-7-12/h2-5,10,13,16H,6-7H2,1H3,(H,14,15)/t10-,12?/m0/s1. The summed E-state index contributed by atoms with van der Waals surface area (Å²) in [6.45, 7) is 2.26. The summed E-state index contributed by atoms with van der Waals surface area (Å²) in [5, 5.41) is 22.0. The van der Waals surface area contributed by atoms with Gasteiger partial charge in [-0.05, 0) is 12.5 Å². The molecule has 0 saturated carbocycles. The zero-order valence-electron chi connectivity index (χ0n) is 9.10. The van der Waals surface area contributed by atoms with Crippen LogP contribution in [0.4, 0.5) is 0 Å². The van der Waals surface area contributed by atoms with Crippen molar-refractivity contribution in [3.63, 3.8) is 0 Å². The smallest absolute Gasteiger partial charge is 0.320 e. The van der Waals surface area contributed by atoms with Crippen LogP contribution < -0.4 is 5.32 Å². The predicted molar refractivity (Wildman–Crippen MR) is 59.1 cm³/mol. The first-order valence-electron chi connectivity index (χ1n) is 5.27. The number of carboxylic acids is 1. The summed E-state index contributed by atoms with van der Waals surface area (Å²) in [6, 6.07) is 6.87. The highest BCUT2D eigenvalue weighted by Gasteiger charge is 2.41. The summed E-state index contributed by atoms with van der Waals surface area (Å²) in [6.07, 6.45) is 0.214. The number of nitrogens with one attached hydrogen (secondary N) is 1. The Kier molecular flexibility index (Phi) is 2.69. The molecule has 0 aliphatic carbocycles. The fraction of sp³-hybridized carbons (Fsp3) is 0.417. The molecule has 4 nitrogen and oxygen atoms in total. The Morgan fingerprint density at radius 1 is 1.44 bits per heavy atom. The molecule has 3 N–H and O–H groups in total. The lowest BCUT2D eigenvalue weighted by Gasteiger charge is -2.22. The van der Waals surface area contributed by atoms with E-state index < -0.39 is 17.6 Å². The average molecular weight is 221 g/mol. The summed E-state index contributed by atoms with van der Waals surface area (Å²) in [5.74, 6) is -0.914. The Morgan fingerprint density at radius 3 is 2.56 bits per heavy atom. The van der Waals surface area contributed by atoms with Crippen LogP contribution in [0.3, 0.4) is 0 Å². The number of rotatable bonds is 2. The van der Waals surface area contributed by atoms with Crippen LogP contribution in [-0.2, 0) is 10.4 Å². The van der Waals surface area contributed by atoms with Crippen molar-refractivity contribution in [1.29, 1.82) is 0 Å². The number of aryl methyl sites for hydroxylation is 1. The second-order valence-corrected chi connectivity index (χ2v) is 4.37. The molecule has 1 aliphatic rings. The molecule has 0 spiro atoms. The Bertz CT molecular complexity index is 401. The molecule has 2 rings (SSSR count). The minimum Gasteiger partial charge on any atom is -0.480 e. The summed E-state index contributed by atoms with van der Waals surface area (Å²) in [7, 11) is 0. The second-order valence-electron chi connectivity index (χ2n) is 4.37. The van der Waals surface area contributed by atoms with Crippen molar-refractivity contribution in [2.75, 3.05) is 6.54 Å². The van der Waals surface area contributed by atoms with Gasteiger partial charge in [0.1, 0.15) is 11.6 Å². The molecule has 2 atom stereocenters. The van der Waals surface area contributed by atoms with Gasteiger partial charge in [0.25, 0.3) is 0 Å². The van der Waals surface area contributed by atoms with Gasteiger partial charge in [-0.3, -0.25) is 4.79 Å². The van der Waals surface area contributed by atoms with Crippen LogP contribution in [0, 0.1) is 6.92 Å². The highest BCUT2D eigenvalue weighted by atomic mass is 16.4. The van der Waals surface area contributed by atoms with Gasteiger partial charge in [0, 0.05) is 13.0 Å². The molecule has 4 heteroatoms. The third-order valence-electron chi connectivity index (χ3n) is 3.07. The Balaban J connectivity index is 2.21. The maximum atomic E-state index is 10.8. The number of carboxylic acid groups (broad SMARTS) is 1. The summed E-state index contributed by atoms with van der Waals surface area (Å²) in [4.78, 5) is 10.8. The number of hydrogen-bond donors (Lipinski definition) is 3. The van der Waals surface area contributed by atoms with Crippen LogP contribution >= 0.6 is 0 Å². The van der Waals surface area contributed by atoms with E-state index in [1.165, 1.54) is 0 Å². The van der Waals surface area contributed by atoms with Gasteiger partial charge in [-0.25, -0.2) is 0 Å². The second kappa shape index (κ2) is 3.88. The first-order chi connectivity index (χ1) is 7.51. The lowest BCUT2D eigenvalue weighted by Crippen LogP contribution is -2.30. The lowest BCUT2D eigenvalue weighted by atomic mass is 9.91. The molecule has 0 bridgehead atoms. The van der Waals surface area contributed by atoms with Crippen LogP contribution in [0.25, 0.3) is 0 Å². The molecule has 1 saturated heterocycles. The number of β-amino-alcohol motifs (C(OH)–C–C–N with tert-alkyl or cyclic N) is 1. The Hall–Kier alpha value is -1.39. The van der Waals surface area contributed by atoms with Gasteiger partial charge >= 0.3 is 5.97 Å².